The van der Waals surface area contributed by atoms with Crippen LogP contribution in [-0.2, 0) is 0 Å². The molecule has 0 bridgehead atoms. The smallest absolute Gasteiger partial charge is 0.135 e. The lowest BCUT2D eigenvalue weighted by molar-refractivity contribution is -0.0716. The molecular weight excluding hydrogens is 402 g/mol. The van der Waals surface area contributed by atoms with Crippen LogP contribution in [0.15, 0.2) is 0 Å². The van der Waals surface area contributed by atoms with Crippen LogP contribution >= 0.6 is 0 Å². The van der Waals surface area contributed by atoms with Gasteiger partial charge < -0.3 is 5.73 Å². The molecule has 2 aliphatic carbocycles. The molecule has 0 heterocycles. The summed E-state index contributed by atoms with van der Waals surface area (Å²) in [6.07, 6.45) is 3.78. The van der Waals surface area contributed by atoms with Crippen molar-refractivity contribution in [3.8, 4) is 0 Å². The van der Waals surface area contributed by atoms with E-state index in [2.05, 4.69) is 20.8 Å². The van der Waals surface area contributed by atoms with Crippen molar-refractivity contribution in [3.05, 3.63) is 0 Å². The van der Waals surface area contributed by atoms with E-state index in [-0.39, 0.29) is 23.8 Å². The van der Waals surface area contributed by atoms with Crippen LogP contribution in [-0.4, -0.2) is 30.7 Å². The summed E-state index contributed by atoms with van der Waals surface area (Å²) in [5.74, 6) is -1.74. The second-order valence-corrected chi connectivity index (χ2v) is 10.5. The minimum absolute atomic E-state index is 0.133. The molecule has 0 aromatic heterocycles. The Morgan fingerprint density at radius 2 is 1.23 bits per heavy atom. The summed E-state index contributed by atoms with van der Waals surface area (Å²) in [5, 5.41) is 0. The highest BCUT2D eigenvalue weighted by molar-refractivity contribution is 4.98. The highest BCUT2D eigenvalue weighted by atomic mass is 19.2. The van der Waals surface area contributed by atoms with Crippen LogP contribution in [0.2, 0.25) is 0 Å². The largest absolute Gasteiger partial charge is 0.328 e. The van der Waals surface area contributed by atoms with Crippen molar-refractivity contribution in [3.63, 3.8) is 0 Å². The fourth-order valence-corrected chi connectivity index (χ4v) is 6.57. The molecule has 0 radical (unpaired) electrons. The molecule has 31 heavy (non-hydrogen) atoms. The zero-order chi connectivity index (χ0) is 23.0. The Bertz CT molecular complexity index is 484. The van der Waals surface area contributed by atoms with Gasteiger partial charge >= 0.3 is 0 Å². The first-order valence-electron chi connectivity index (χ1n) is 13.2. The molecule has 0 aromatic carbocycles. The zero-order valence-corrected chi connectivity index (χ0v) is 20.1. The maximum Gasteiger partial charge on any atom is 0.135 e. The van der Waals surface area contributed by atoms with E-state index in [0.717, 1.165) is 51.4 Å². The van der Waals surface area contributed by atoms with Gasteiger partial charge in [0.15, 0.2) is 0 Å². The Labute approximate surface area is 188 Å². The summed E-state index contributed by atoms with van der Waals surface area (Å²) < 4.78 is 60.4. The SMILES string of the molecule is CCCC(N)CCC[C@@H]1CCC(C2CCC(C(CCC)CCC)C(F)C2F)C(F)C1F. The van der Waals surface area contributed by atoms with Crippen molar-refractivity contribution >= 4 is 0 Å². The number of halogens is 4. The van der Waals surface area contributed by atoms with Crippen molar-refractivity contribution in [1.29, 1.82) is 0 Å². The minimum atomic E-state index is -1.67. The first-order chi connectivity index (χ1) is 14.8. The number of rotatable bonds is 12. The molecule has 2 N–H and O–H groups in total. The van der Waals surface area contributed by atoms with Crippen LogP contribution in [0, 0.1) is 29.6 Å². The molecule has 184 valence electrons. The van der Waals surface area contributed by atoms with E-state index in [0.29, 0.717) is 32.1 Å². The quantitative estimate of drug-likeness (QED) is 0.301. The van der Waals surface area contributed by atoms with Gasteiger partial charge in [-0.1, -0.05) is 59.3 Å². The fourth-order valence-electron chi connectivity index (χ4n) is 6.57. The molecule has 0 amide bonds. The van der Waals surface area contributed by atoms with Gasteiger partial charge in [-0.3, -0.25) is 0 Å². The van der Waals surface area contributed by atoms with Crippen LogP contribution in [0.3, 0.4) is 0 Å². The van der Waals surface area contributed by atoms with E-state index < -0.39 is 36.5 Å². The first kappa shape index (κ1) is 26.9. The third kappa shape index (κ3) is 7.08. The molecule has 1 nitrogen and oxygen atoms in total. The monoisotopic (exact) mass is 449 g/mol. The first-order valence-corrected chi connectivity index (χ1v) is 13.2. The maximum atomic E-state index is 15.2. The van der Waals surface area contributed by atoms with E-state index >= 15 is 13.2 Å². The molecule has 2 aliphatic rings. The predicted octanol–water partition coefficient (Wildman–Crippen LogP) is 7.91. The highest BCUT2D eigenvalue weighted by Crippen LogP contribution is 2.48. The van der Waals surface area contributed by atoms with Gasteiger partial charge in [0.1, 0.15) is 24.7 Å². The molecule has 5 heteroatoms. The Kier molecular flexibility index (Phi) is 11.6. The van der Waals surface area contributed by atoms with Crippen molar-refractivity contribution in [2.75, 3.05) is 0 Å². The van der Waals surface area contributed by atoms with Gasteiger partial charge in [-0.05, 0) is 74.5 Å². The van der Waals surface area contributed by atoms with Crippen molar-refractivity contribution in [1.82, 2.24) is 0 Å². The third-order valence-electron chi connectivity index (χ3n) is 8.27. The lowest BCUT2D eigenvalue weighted by Gasteiger charge is -2.45. The molecule has 0 aromatic rings. The lowest BCUT2D eigenvalue weighted by atomic mass is 9.63. The molecular formula is C26H47F4N. The molecule has 0 spiro atoms. The molecule has 2 rings (SSSR count). The van der Waals surface area contributed by atoms with Crippen molar-refractivity contribution in [2.45, 2.75) is 135 Å². The zero-order valence-electron chi connectivity index (χ0n) is 20.1. The maximum absolute atomic E-state index is 15.2. The Morgan fingerprint density at radius 1 is 0.677 bits per heavy atom. The van der Waals surface area contributed by atoms with Gasteiger partial charge in [0.05, 0.1) is 0 Å². The summed E-state index contributed by atoms with van der Waals surface area (Å²) in [7, 11) is 0. The predicted molar refractivity (Wildman–Crippen MR) is 122 cm³/mol. The van der Waals surface area contributed by atoms with Crippen LogP contribution < -0.4 is 5.73 Å². The van der Waals surface area contributed by atoms with Gasteiger partial charge in [0.25, 0.3) is 0 Å². The van der Waals surface area contributed by atoms with Crippen molar-refractivity contribution in [2.24, 2.45) is 35.3 Å². The Balaban J connectivity index is 1.91. The van der Waals surface area contributed by atoms with E-state index in [1.807, 2.05) is 0 Å². The highest BCUT2D eigenvalue weighted by Gasteiger charge is 2.50. The lowest BCUT2D eigenvalue weighted by Crippen LogP contribution is -2.49. The average molecular weight is 450 g/mol. The molecule has 0 aliphatic heterocycles. The average Bonchev–Trinajstić information content (AvgIpc) is 2.74. The topological polar surface area (TPSA) is 26.0 Å². The number of hydrogen-bond donors (Lipinski definition) is 1. The Morgan fingerprint density at radius 3 is 1.81 bits per heavy atom. The summed E-state index contributed by atoms with van der Waals surface area (Å²) >= 11 is 0. The summed E-state index contributed by atoms with van der Waals surface area (Å²) in [4.78, 5) is 0. The summed E-state index contributed by atoms with van der Waals surface area (Å²) in [6.45, 7) is 6.26. The molecule has 9 atom stereocenters. The number of nitrogens with two attached hydrogens (primary N) is 1. The van der Waals surface area contributed by atoms with Gasteiger partial charge in [0.2, 0.25) is 0 Å². The molecule has 2 fully saturated rings. The molecule has 8 unspecified atom stereocenters. The van der Waals surface area contributed by atoms with Gasteiger partial charge in [0, 0.05) is 6.04 Å². The summed E-state index contributed by atoms with van der Waals surface area (Å²) in [6, 6.07) is 0.133. The Hall–Kier alpha value is -0.320. The van der Waals surface area contributed by atoms with Crippen LogP contribution in [0.25, 0.3) is 0 Å². The van der Waals surface area contributed by atoms with Crippen molar-refractivity contribution < 1.29 is 17.6 Å². The van der Waals surface area contributed by atoms with E-state index in [1.54, 1.807) is 0 Å². The van der Waals surface area contributed by atoms with Crippen LogP contribution in [0.4, 0.5) is 17.6 Å². The third-order valence-corrected chi connectivity index (χ3v) is 8.27. The summed E-state index contributed by atoms with van der Waals surface area (Å²) in [5.41, 5.74) is 6.03. The van der Waals surface area contributed by atoms with Crippen LogP contribution in [0.5, 0.6) is 0 Å². The van der Waals surface area contributed by atoms with E-state index in [9.17, 15) is 4.39 Å². The van der Waals surface area contributed by atoms with Gasteiger partial charge in [-0.15, -0.1) is 0 Å². The number of alkyl halides is 4. The fraction of sp³-hybridized carbons (Fsp3) is 1.00. The molecule has 2 saturated carbocycles. The second kappa shape index (κ2) is 13.4. The van der Waals surface area contributed by atoms with E-state index in [1.165, 1.54) is 0 Å². The standard InChI is InChI=1S/C26H47F4N/c1-4-8-17(9-5-2)20-15-16-22(26(30)24(20)28)21-14-13-18(23(27)25(21)29)11-7-12-19(31)10-6-3/h17-26H,4-16,31H2,1-3H3/t18-,19?,20?,21?,22?,23?,24?,25?,26?/m1/s1. The molecule has 0 saturated heterocycles. The van der Waals surface area contributed by atoms with Gasteiger partial charge in [-0.25, -0.2) is 17.6 Å². The minimum Gasteiger partial charge on any atom is -0.328 e. The van der Waals surface area contributed by atoms with Crippen LogP contribution in [0.1, 0.15) is 104 Å². The second-order valence-electron chi connectivity index (χ2n) is 10.5. The van der Waals surface area contributed by atoms with Gasteiger partial charge in [-0.2, -0.15) is 0 Å². The van der Waals surface area contributed by atoms with E-state index in [4.69, 9.17) is 5.73 Å². The normalized spacial score (nSPS) is 37.8. The number of hydrogen-bond acceptors (Lipinski definition) is 1.